The summed E-state index contributed by atoms with van der Waals surface area (Å²) in [5.41, 5.74) is 0. The maximum atomic E-state index is 13.0. The third-order valence-corrected chi connectivity index (χ3v) is 20.0. The van der Waals surface area contributed by atoms with Crippen molar-refractivity contribution in [2.45, 2.75) is 360 Å². The van der Waals surface area contributed by atoms with E-state index in [9.17, 15) is 43.5 Å². The van der Waals surface area contributed by atoms with Crippen molar-refractivity contribution >= 4 is 33.6 Å². The van der Waals surface area contributed by atoms with Crippen LogP contribution in [0.2, 0.25) is 0 Å². The zero-order valence-electron chi connectivity index (χ0n) is 70.7. The van der Waals surface area contributed by atoms with Crippen LogP contribution in [0, 0.1) is 0 Å². The van der Waals surface area contributed by atoms with Gasteiger partial charge in [0.2, 0.25) is 0 Å². The summed E-state index contributed by atoms with van der Waals surface area (Å²) in [4.78, 5) is 58.9. The molecule has 16 nitrogen and oxygen atoms in total. The minimum atomic E-state index is -4.95. The molecule has 113 heavy (non-hydrogen) atoms. The summed E-state index contributed by atoms with van der Waals surface area (Å²) < 4.78 is 61.4. The summed E-state index contributed by atoms with van der Waals surface area (Å²) in [5, 5.41) is 20.7. The molecule has 0 spiro atoms. The monoisotopic (exact) mass is 1620 g/mol. The van der Waals surface area contributed by atoms with Gasteiger partial charge < -0.3 is 34.2 Å². The maximum absolute atomic E-state index is 13.0. The molecular formula is C95H158O16P2. The van der Waals surface area contributed by atoms with Crippen molar-refractivity contribution in [3.63, 3.8) is 0 Å². The molecule has 644 valence electrons. The highest BCUT2D eigenvalue weighted by molar-refractivity contribution is 7.47. The number of carbonyl (C=O) groups excluding carboxylic acids is 3. The summed E-state index contributed by atoms with van der Waals surface area (Å²) in [7, 11) is -9.82. The van der Waals surface area contributed by atoms with Crippen molar-refractivity contribution in [2.24, 2.45) is 0 Å². The number of ether oxygens (including phenoxy) is 3. The number of rotatable bonds is 82. The zero-order valence-corrected chi connectivity index (χ0v) is 72.5. The third-order valence-electron chi connectivity index (χ3n) is 18.1. The van der Waals surface area contributed by atoms with E-state index in [0.717, 1.165) is 199 Å². The minimum absolute atomic E-state index is 0.0803. The Hall–Kier alpha value is -5.35. The van der Waals surface area contributed by atoms with Crippen molar-refractivity contribution in [2.75, 3.05) is 39.6 Å². The van der Waals surface area contributed by atoms with Crippen LogP contribution in [0.3, 0.4) is 0 Å². The van der Waals surface area contributed by atoms with Crippen LogP contribution in [-0.4, -0.2) is 95.9 Å². The van der Waals surface area contributed by atoms with Crippen molar-refractivity contribution in [1.82, 2.24) is 0 Å². The second-order valence-corrected chi connectivity index (χ2v) is 31.8. The molecule has 5 unspecified atom stereocenters. The SMILES string of the molecule is CC/C=C\C/C=C\C/C=C\C/C=C\C/C=C\C/C=C\CCCCCCCCCCCCCCCCCCC(=O)OCC(O)COP(=O)(O)OCC(O)COP(=O)(O)OCC(COC(=O)CCCCCCCCC/C=C\C/C=C\C/C=C\C/C=C\C/C=C\CC)OC(=O)CCCCCCCC/C=C\C/C=C\C/C=C\C/C=C\CC. The van der Waals surface area contributed by atoms with E-state index in [1.807, 2.05) is 0 Å². The number of phosphoric ester groups is 2. The molecule has 5 atom stereocenters. The summed E-state index contributed by atoms with van der Waals surface area (Å²) in [6.45, 7) is 2.33. The summed E-state index contributed by atoms with van der Waals surface area (Å²) in [6, 6.07) is 0. The Kier molecular flexibility index (Phi) is 81.9. The topological polar surface area (TPSA) is 231 Å². The van der Waals surface area contributed by atoms with E-state index in [-0.39, 0.29) is 19.3 Å². The smallest absolute Gasteiger partial charge is 0.463 e. The molecule has 0 aromatic heterocycles. The van der Waals surface area contributed by atoms with Crippen molar-refractivity contribution in [3.05, 3.63) is 182 Å². The first kappa shape index (κ1) is 108. The Bertz CT molecular complexity index is 2780. The summed E-state index contributed by atoms with van der Waals surface area (Å²) >= 11 is 0. The average molecular weight is 1620 g/mol. The molecule has 0 aliphatic heterocycles. The van der Waals surface area contributed by atoms with Crippen molar-refractivity contribution in [1.29, 1.82) is 0 Å². The highest BCUT2D eigenvalue weighted by atomic mass is 31.2. The number of aliphatic hydroxyl groups is 2. The summed E-state index contributed by atoms with van der Waals surface area (Å²) in [6.07, 6.45) is 112. The van der Waals surface area contributed by atoms with E-state index in [4.69, 9.17) is 32.3 Å². The molecule has 0 aliphatic rings. The highest BCUT2D eigenvalue weighted by Crippen LogP contribution is 2.45. The Morgan fingerprint density at radius 3 is 0.699 bits per heavy atom. The van der Waals surface area contributed by atoms with Gasteiger partial charge in [0.25, 0.3) is 0 Å². The van der Waals surface area contributed by atoms with Gasteiger partial charge in [-0.1, -0.05) is 351 Å². The average Bonchev–Trinajstić information content (AvgIpc) is 0.899. The Morgan fingerprint density at radius 1 is 0.248 bits per heavy atom. The predicted molar refractivity (Wildman–Crippen MR) is 472 cm³/mol. The van der Waals surface area contributed by atoms with Gasteiger partial charge in [-0.25, -0.2) is 9.13 Å². The molecule has 0 saturated carbocycles. The van der Waals surface area contributed by atoms with Gasteiger partial charge in [0, 0.05) is 19.3 Å². The molecule has 0 aromatic rings. The molecule has 0 heterocycles. The maximum Gasteiger partial charge on any atom is 0.472 e. The Morgan fingerprint density at radius 2 is 0.442 bits per heavy atom. The van der Waals surface area contributed by atoms with Crippen molar-refractivity contribution in [3.8, 4) is 0 Å². The lowest BCUT2D eigenvalue weighted by molar-refractivity contribution is -0.161. The fraction of sp³-hybridized carbons (Fsp3) is 0.653. The van der Waals surface area contributed by atoms with Crippen LogP contribution in [0.1, 0.15) is 342 Å². The first-order valence-corrected chi connectivity index (χ1v) is 47.1. The van der Waals surface area contributed by atoms with Crippen LogP contribution >= 0.6 is 15.6 Å². The van der Waals surface area contributed by atoms with Crippen LogP contribution in [0.15, 0.2) is 182 Å². The standard InChI is InChI=1S/C95H158O16P2/c1-4-7-10-13-16-19-22-25-28-31-34-36-38-39-40-41-42-43-44-45-46-47-48-49-51-53-55-57-60-63-66-69-72-75-78-81-93(98)105-84-90(96)85-107-112(101,102)108-86-91(97)87-109-113(103,104)110-89-92(111-95(100)83-80-77-74-71-68-65-62-59-54-33-30-27-24-21-18-15-12-9-6-3)88-106-94(99)82-79-76-73-70-67-64-61-58-56-52-50-37-35-32-29-26-23-20-17-14-11-8-5-2/h7-12,16-21,25-30,34-37,39-40,42-43,52,54,56,59,90-92,96-97H,4-6,13-15,22-24,31-33,38,41,44-51,53,55,57-58,60-89H2,1-3H3,(H,101,102)(H,103,104)/b10-7-,11-8-,12-9-,19-16-,20-17-,21-18-,28-25-,29-26-,30-27-,36-34-,37-35-,40-39-,43-42-,56-52-,59-54-. The van der Waals surface area contributed by atoms with E-state index in [0.29, 0.717) is 19.3 Å². The van der Waals surface area contributed by atoms with Crippen molar-refractivity contribution < 1.29 is 75.8 Å². The number of phosphoric acid groups is 2. The first-order chi connectivity index (χ1) is 55.2. The number of carbonyl (C=O) groups is 3. The van der Waals surface area contributed by atoms with Crippen LogP contribution in [0.25, 0.3) is 0 Å². The molecule has 0 bridgehead atoms. The molecule has 0 amide bonds. The molecule has 4 N–H and O–H groups in total. The molecule has 0 aromatic carbocycles. The Balaban J connectivity index is 4.53. The van der Waals surface area contributed by atoms with E-state index in [1.165, 1.54) is 83.5 Å². The van der Waals surface area contributed by atoms with Gasteiger partial charge in [-0.2, -0.15) is 0 Å². The molecule has 0 aliphatic carbocycles. The lowest BCUT2D eigenvalue weighted by atomic mass is 10.0. The second kappa shape index (κ2) is 86.0. The van der Waals surface area contributed by atoms with E-state index in [1.54, 1.807) is 0 Å². The normalized spacial score (nSPS) is 14.7. The molecule has 0 fully saturated rings. The van der Waals surface area contributed by atoms with Crippen LogP contribution in [0.5, 0.6) is 0 Å². The summed E-state index contributed by atoms with van der Waals surface area (Å²) in [5.74, 6) is -1.60. The van der Waals surface area contributed by atoms with Gasteiger partial charge in [0.15, 0.2) is 6.10 Å². The molecule has 0 saturated heterocycles. The Labute approximate surface area is 687 Å². The molecule has 18 heteroatoms. The van der Waals surface area contributed by atoms with Gasteiger partial charge in [-0.3, -0.25) is 32.5 Å². The lowest BCUT2D eigenvalue weighted by Gasteiger charge is -2.21. The number of hydrogen-bond acceptors (Lipinski definition) is 14. The third kappa shape index (κ3) is 87.3. The van der Waals surface area contributed by atoms with Crippen LogP contribution in [-0.2, 0) is 55.8 Å². The van der Waals surface area contributed by atoms with Gasteiger partial charge in [0.1, 0.15) is 25.4 Å². The van der Waals surface area contributed by atoms with E-state index >= 15 is 0 Å². The first-order valence-electron chi connectivity index (χ1n) is 44.1. The van der Waals surface area contributed by atoms with Gasteiger partial charge in [-0.15, -0.1) is 0 Å². The van der Waals surface area contributed by atoms with E-state index in [2.05, 4.69) is 203 Å². The number of unbranched alkanes of at least 4 members (excludes halogenated alkanes) is 29. The fourth-order valence-electron chi connectivity index (χ4n) is 11.5. The second-order valence-electron chi connectivity index (χ2n) is 28.9. The van der Waals surface area contributed by atoms with Gasteiger partial charge in [-0.05, 0) is 154 Å². The molecule has 0 radical (unpaired) electrons. The van der Waals surface area contributed by atoms with Gasteiger partial charge >= 0.3 is 33.6 Å². The molecule has 0 rings (SSSR count). The molecular weight excluding hydrogens is 1460 g/mol. The quantitative estimate of drug-likeness (QED) is 0.0146. The fourth-order valence-corrected chi connectivity index (χ4v) is 13.1. The zero-order chi connectivity index (χ0) is 82.2. The highest BCUT2D eigenvalue weighted by Gasteiger charge is 2.29. The number of aliphatic hydroxyl groups excluding tert-OH is 2. The van der Waals surface area contributed by atoms with E-state index < -0.39 is 91.5 Å². The number of allylic oxidation sites excluding steroid dienone is 30. The van der Waals surface area contributed by atoms with Crippen LogP contribution < -0.4 is 0 Å². The largest absolute Gasteiger partial charge is 0.472 e. The predicted octanol–water partition coefficient (Wildman–Crippen LogP) is 26.9. The van der Waals surface area contributed by atoms with Gasteiger partial charge in [0.05, 0.1) is 26.4 Å². The lowest BCUT2D eigenvalue weighted by Crippen LogP contribution is -2.30. The number of esters is 3. The number of hydrogen-bond donors (Lipinski definition) is 4. The minimum Gasteiger partial charge on any atom is -0.463 e. The van der Waals surface area contributed by atoms with Crippen LogP contribution in [0.4, 0.5) is 0 Å².